The molecule has 0 fully saturated rings. The highest BCUT2D eigenvalue weighted by Crippen LogP contribution is 2.14. The Hall–Kier alpha value is -1.36. The Kier molecular flexibility index (Phi) is 4.69. The topological polar surface area (TPSA) is 72.9 Å². The van der Waals surface area contributed by atoms with Crippen LogP contribution in [0, 0.1) is 0 Å². The predicted octanol–water partition coefficient (Wildman–Crippen LogP) is 1.01. The first-order valence-electron chi connectivity index (χ1n) is 5.99. The molecule has 3 N–H and O–H groups in total. The molecule has 0 saturated carbocycles. The largest absolute Gasteiger partial charge is 0.351 e. The molecule has 1 rings (SSSR count). The maximum Gasteiger partial charge on any atom is 0.271 e. The van der Waals surface area contributed by atoms with Crippen molar-refractivity contribution in [3.05, 3.63) is 17.5 Å². The summed E-state index contributed by atoms with van der Waals surface area (Å²) in [6, 6.07) is 1.94. The Morgan fingerprint density at radius 3 is 2.65 bits per heavy atom. The van der Waals surface area contributed by atoms with E-state index in [2.05, 4.69) is 24.3 Å². The molecule has 1 aromatic heterocycles. The zero-order valence-corrected chi connectivity index (χ0v) is 11.0. The highest BCUT2D eigenvalue weighted by Gasteiger charge is 2.14. The van der Waals surface area contributed by atoms with Gasteiger partial charge in [0.05, 0.1) is 0 Å². The van der Waals surface area contributed by atoms with E-state index in [1.54, 1.807) is 4.68 Å². The molecule has 0 radical (unpaired) electrons. The summed E-state index contributed by atoms with van der Waals surface area (Å²) < 4.78 is 1.76. The molecule has 17 heavy (non-hydrogen) atoms. The van der Waals surface area contributed by atoms with Crippen molar-refractivity contribution in [2.24, 2.45) is 12.8 Å². The van der Waals surface area contributed by atoms with E-state index in [0.29, 0.717) is 18.2 Å². The van der Waals surface area contributed by atoms with Crippen LogP contribution in [0.25, 0.3) is 0 Å². The van der Waals surface area contributed by atoms with E-state index >= 15 is 0 Å². The molecule has 0 aliphatic heterocycles. The Labute approximate surface area is 102 Å². The zero-order chi connectivity index (χ0) is 13.0. The van der Waals surface area contributed by atoms with Crippen molar-refractivity contribution in [3.63, 3.8) is 0 Å². The second-order valence-electron chi connectivity index (χ2n) is 4.75. The van der Waals surface area contributed by atoms with Gasteiger partial charge in [0, 0.05) is 25.3 Å². The van der Waals surface area contributed by atoms with Gasteiger partial charge in [-0.3, -0.25) is 9.48 Å². The fourth-order valence-corrected chi connectivity index (χ4v) is 1.64. The van der Waals surface area contributed by atoms with Crippen LogP contribution in [0.5, 0.6) is 0 Å². The van der Waals surface area contributed by atoms with Crippen molar-refractivity contribution in [1.82, 2.24) is 15.1 Å². The summed E-state index contributed by atoms with van der Waals surface area (Å²) in [6.07, 6.45) is 0.773. The van der Waals surface area contributed by atoms with E-state index in [1.165, 1.54) is 0 Å². The quantitative estimate of drug-likeness (QED) is 0.804. The SMILES string of the molecule is CC(N)CCNC(=O)c1cc(C(C)C)n(C)n1. The first-order chi connectivity index (χ1) is 7.91. The summed E-state index contributed by atoms with van der Waals surface area (Å²) in [4.78, 5) is 11.8. The fourth-order valence-electron chi connectivity index (χ4n) is 1.64. The minimum atomic E-state index is -0.131. The number of nitrogens with zero attached hydrogens (tertiary/aromatic N) is 2. The van der Waals surface area contributed by atoms with Crippen LogP contribution in [0.15, 0.2) is 6.07 Å². The van der Waals surface area contributed by atoms with Gasteiger partial charge in [0.25, 0.3) is 5.91 Å². The molecule has 1 atom stereocenters. The molecule has 0 saturated heterocycles. The smallest absolute Gasteiger partial charge is 0.271 e. The Bertz CT molecular complexity index is 382. The summed E-state index contributed by atoms with van der Waals surface area (Å²) in [5, 5.41) is 7.02. The standard InChI is InChI=1S/C12H22N4O/c1-8(2)11-7-10(15-16(11)4)12(17)14-6-5-9(3)13/h7-9H,5-6,13H2,1-4H3,(H,14,17). The third kappa shape index (κ3) is 3.85. The van der Waals surface area contributed by atoms with Gasteiger partial charge in [-0.2, -0.15) is 5.10 Å². The second kappa shape index (κ2) is 5.82. The van der Waals surface area contributed by atoms with Gasteiger partial charge in [-0.05, 0) is 25.3 Å². The Morgan fingerprint density at radius 2 is 2.18 bits per heavy atom. The van der Waals surface area contributed by atoms with Crippen molar-refractivity contribution in [2.45, 2.75) is 39.2 Å². The van der Waals surface area contributed by atoms with Gasteiger partial charge in [-0.25, -0.2) is 0 Å². The summed E-state index contributed by atoms with van der Waals surface area (Å²) in [6.45, 7) is 6.66. The van der Waals surface area contributed by atoms with Gasteiger partial charge < -0.3 is 11.1 Å². The molecule has 1 heterocycles. The number of hydrogen-bond donors (Lipinski definition) is 2. The molecule has 0 aliphatic carbocycles. The minimum absolute atomic E-state index is 0.102. The van der Waals surface area contributed by atoms with Gasteiger partial charge in [0.15, 0.2) is 0 Å². The van der Waals surface area contributed by atoms with E-state index in [0.717, 1.165) is 12.1 Å². The van der Waals surface area contributed by atoms with Gasteiger partial charge in [-0.15, -0.1) is 0 Å². The fraction of sp³-hybridized carbons (Fsp3) is 0.667. The van der Waals surface area contributed by atoms with E-state index in [1.807, 2.05) is 20.0 Å². The van der Waals surface area contributed by atoms with E-state index in [9.17, 15) is 4.79 Å². The van der Waals surface area contributed by atoms with Crippen molar-refractivity contribution >= 4 is 5.91 Å². The number of amides is 1. The molecule has 1 amide bonds. The van der Waals surface area contributed by atoms with E-state index < -0.39 is 0 Å². The molecular formula is C12H22N4O. The second-order valence-corrected chi connectivity index (χ2v) is 4.75. The van der Waals surface area contributed by atoms with Crippen LogP contribution in [0.1, 0.15) is 49.3 Å². The first kappa shape index (κ1) is 13.7. The highest BCUT2D eigenvalue weighted by molar-refractivity contribution is 5.92. The summed E-state index contributed by atoms with van der Waals surface area (Å²) in [5.74, 6) is 0.228. The summed E-state index contributed by atoms with van der Waals surface area (Å²) in [7, 11) is 1.86. The van der Waals surface area contributed by atoms with Crippen molar-refractivity contribution in [2.75, 3.05) is 6.54 Å². The molecule has 96 valence electrons. The molecule has 1 aromatic rings. The molecule has 5 nitrogen and oxygen atoms in total. The monoisotopic (exact) mass is 238 g/mol. The zero-order valence-electron chi connectivity index (χ0n) is 11.0. The minimum Gasteiger partial charge on any atom is -0.351 e. The number of carbonyl (C=O) groups is 1. The first-order valence-corrected chi connectivity index (χ1v) is 5.99. The van der Waals surface area contributed by atoms with Gasteiger partial charge in [0.2, 0.25) is 0 Å². The number of nitrogens with two attached hydrogens (primary N) is 1. The molecule has 0 aromatic carbocycles. The number of nitrogens with one attached hydrogen (secondary N) is 1. The molecular weight excluding hydrogens is 216 g/mol. The highest BCUT2D eigenvalue weighted by atomic mass is 16.1. The molecule has 5 heteroatoms. The third-order valence-electron chi connectivity index (χ3n) is 2.63. The normalized spacial score (nSPS) is 12.8. The molecule has 0 aliphatic rings. The predicted molar refractivity (Wildman–Crippen MR) is 67.9 cm³/mol. The number of carbonyl (C=O) groups excluding carboxylic acids is 1. The van der Waals surface area contributed by atoms with Crippen molar-refractivity contribution in [1.29, 1.82) is 0 Å². The Morgan fingerprint density at radius 1 is 1.53 bits per heavy atom. The van der Waals surface area contributed by atoms with Gasteiger partial charge in [-0.1, -0.05) is 13.8 Å². The molecule has 0 bridgehead atoms. The van der Waals surface area contributed by atoms with Crippen LogP contribution in [0.3, 0.4) is 0 Å². The maximum absolute atomic E-state index is 11.8. The van der Waals surface area contributed by atoms with Crippen molar-refractivity contribution < 1.29 is 4.79 Å². The van der Waals surface area contributed by atoms with Crippen LogP contribution < -0.4 is 11.1 Å². The lowest BCUT2D eigenvalue weighted by Gasteiger charge is -2.05. The number of hydrogen-bond acceptors (Lipinski definition) is 3. The Balaban J connectivity index is 2.60. The lowest BCUT2D eigenvalue weighted by molar-refractivity contribution is 0.0947. The number of aryl methyl sites for hydroxylation is 1. The van der Waals surface area contributed by atoms with Crippen LogP contribution in [0.2, 0.25) is 0 Å². The summed E-state index contributed by atoms with van der Waals surface area (Å²) >= 11 is 0. The number of rotatable bonds is 5. The van der Waals surface area contributed by atoms with Crippen LogP contribution in [0.4, 0.5) is 0 Å². The van der Waals surface area contributed by atoms with Crippen molar-refractivity contribution in [3.8, 4) is 0 Å². The van der Waals surface area contributed by atoms with Gasteiger partial charge in [0.1, 0.15) is 5.69 Å². The third-order valence-corrected chi connectivity index (χ3v) is 2.63. The number of aromatic nitrogens is 2. The van der Waals surface area contributed by atoms with Crippen LogP contribution >= 0.6 is 0 Å². The van der Waals surface area contributed by atoms with E-state index in [-0.39, 0.29) is 11.9 Å². The lowest BCUT2D eigenvalue weighted by atomic mass is 10.1. The average Bonchev–Trinajstić information content (AvgIpc) is 2.59. The molecule has 1 unspecified atom stereocenters. The average molecular weight is 238 g/mol. The van der Waals surface area contributed by atoms with E-state index in [4.69, 9.17) is 5.73 Å². The maximum atomic E-state index is 11.8. The summed E-state index contributed by atoms with van der Waals surface area (Å²) in [5.41, 5.74) is 7.14. The van der Waals surface area contributed by atoms with Gasteiger partial charge >= 0.3 is 0 Å². The van der Waals surface area contributed by atoms with Crippen LogP contribution in [-0.2, 0) is 7.05 Å². The van der Waals surface area contributed by atoms with Crippen LogP contribution in [-0.4, -0.2) is 28.3 Å². The molecule has 0 spiro atoms. The lowest BCUT2D eigenvalue weighted by Crippen LogP contribution is -2.29.